The van der Waals surface area contributed by atoms with Gasteiger partial charge >= 0.3 is 0 Å². The highest BCUT2D eigenvalue weighted by Crippen LogP contribution is 2.17. The molecule has 0 saturated heterocycles. The van der Waals surface area contributed by atoms with Crippen LogP contribution in [0.15, 0.2) is 65.6 Å². The minimum Gasteiger partial charge on any atom is -0.323 e. The molecule has 0 amide bonds. The summed E-state index contributed by atoms with van der Waals surface area (Å²) in [7, 11) is 0. The Labute approximate surface area is 114 Å². The highest BCUT2D eigenvalue weighted by Gasteiger charge is 2.07. The second-order valence-corrected chi connectivity index (χ2v) is 4.64. The summed E-state index contributed by atoms with van der Waals surface area (Å²) in [5, 5.41) is 0.690. The molecular weight excluding hydrogens is 250 g/mol. The van der Waals surface area contributed by atoms with E-state index in [-0.39, 0.29) is 5.43 Å². The molecule has 0 atom stereocenters. The zero-order chi connectivity index (χ0) is 13.5. The Morgan fingerprint density at radius 2 is 1.75 bits per heavy atom. The zero-order valence-corrected chi connectivity index (χ0v) is 10.6. The first kappa shape index (κ1) is 11.0. The third-order valence-electron chi connectivity index (χ3n) is 3.41. The summed E-state index contributed by atoms with van der Waals surface area (Å²) >= 11 is 0. The lowest BCUT2D eigenvalue weighted by Crippen LogP contribution is -2.07. The Morgan fingerprint density at radius 1 is 0.950 bits per heavy atom. The van der Waals surface area contributed by atoms with Crippen LogP contribution in [0.5, 0.6) is 0 Å². The molecule has 0 spiro atoms. The monoisotopic (exact) mass is 261 g/mol. The smallest absolute Gasteiger partial charge is 0.212 e. The first-order chi connectivity index (χ1) is 9.83. The first-order valence-electron chi connectivity index (χ1n) is 6.38. The molecule has 0 bridgehead atoms. The van der Waals surface area contributed by atoms with Crippen molar-refractivity contribution in [3.63, 3.8) is 0 Å². The van der Waals surface area contributed by atoms with Crippen molar-refractivity contribution < 1.29 is 0 Å². The van der Waals surface area contributed by atoms with Crippen LogP contribution in [0.25, 0.3) is 27.9 Å². The number of nitrogens with zero attached hydrogens (tertiary/aromatic N) is 2. The Hall–Kier alpha value is -2.88. The number of fused-ring (bicyclic) bond motifs is 2. The van der Waals surface area contributed by atoms with Crippen LogP contribution in [0.2, 0.25) is 0 Å². The quantitative estimate of drug-likeness (QED) is 0.572. The molecule has 2 aromatic heterocycles. The van der Waals surface area contributed by atoms with Crippen molar-refractivity contribution in [2.24, 2.45) is 0 Å². The van der Waals surface area contributed by atoms with Crippen LogP contribution < -0.4 is 5.43 Å². The third-order valence-corrected chi connectivity index (χ3v) is 3.41. The second-order valence-electron chi connectivity index (χ2n) is 4.64. The molecule has 20 heavy (non-hydrogen) atoms. The number of aromatic amines is 1. The summed E-state index contributed by atoms with van der Waals surface area (Å²) in [4.78, 5) is 19.7. The molecule has 0 aliphatic carbocycles. The summed E-state index contributed by atoms with van der Waals surface area (Å²) in [5.41, 5.74) is 2.75. The topological polar surface area (TPSA) is 50.7 Å². The van der Waals surface area contributed by atoms with E-state index in [9.17, 15) is 4.79 Å². The molecular formula is C16H11N3O. The van der Waals surface area contributed by atoms with Crippen molar-refractivity contribution in [1.82, 2.24) is 14.5 Å². The fraction of sp³-hybridized carbons (Fsp3) is 0. The van der Waals surface area contributed by atoms with E-state index in [1.165, 1.54) is 0 Å². The summed E-state index contributed by atoms with van der Waals surface area (Å²) < 4.78 is 1.90. The van der Waals surface area contributed by atoms with E-state index >= 15 is 0 Å². The van der Waals surface area contributed by atoms with Crippen molar-refractivity contribution in [2.45, 2.75) is 0 Å². The number of benzene rings is 2. The predicted octanol–water partition coefficient (Wildman–Crippen LogP) is 2.87. The van der Waals surface area contributed by atoms with Gasteiger partial charge in [-0.3, -0.25) is 9.36 Å². The number of imidazole rings is 1. The molecule has 0 fully saturated rings. The Morgan fingerprint density at radius 3 is 2.65 bits per heavy atom. The summed E-state index contributed by atoms with van der Waals surface area (Å²) in [6, 6.07) is 17.0. The van der Waals surface area contributed by atoms with Crippen molar-refractivity contribution in [3.05, 3.63) is 71.0 Å². The molecule has 2 heterocycles. The van der Waals surface area contributed by atoms with Gasteiger partial charge in [-0.1, -0.05) is 24.3 Å². The van der Waals surface area contributed by atoms with E-state index in [1.54, 1.807) is 12.3 Å². The second kappa shape index (κ2) is 4.06. The van der Waals surface area contributed by atoms with Crippen LogP contribution >= 0.6 is 0 Å². The standard InChI is InChI=1S/C16H11N3O/c20-15-9-10-19(14-8-4-1-5-11(14)15)16-17-12-6-2-3-7-13(12)18-16/h1-10H,(H,17,18). The zero-order valence-electron chi connectivity index (χ0n) is 10.6. The fourth-order valence-electron chi connectivity index (χ4n) is 2.44. The number of rotatable bonds is 1. The van der Waals surface area contributed by atoms with Crippen LogP contribution in [0.1, 0.15) is 0 Å². The van der Waals surface area contributed by atoms with Gasteiger partial charge in [0.25, 0.3) is 0 Å². The van der Waals surface area contributed by atoms with Gasteiger partial charge < -0.3 is 4.98 Å². The molecule has 0 unspecified atom stereocenters. The summed E-state index contributed by atoms with van der Waals surface area (Å²) in [6.07, 6.45) is 1.75. The highest BCUT2D eigenvalue weighted by atomic mass is 16.1. The van der Waals surface area contributed by atoms with Crippen molar-refractivity contribution in [3.8, 4) is 5.95 Å². The largest absolute Gasteiger partial charge is 0.323 e. The maximum absolute atomic E-state index is 11.9. The summed E-state index contributed by atoms with van der Waals surface area (Å²) in [6.45, 7) is 0. The Balaban J connectivity index is 2.07. The van der Waals surface area contributed by atoms with Gasteiger partial charge in [-0.2, -0.15) is 0 Å². The highest BCUT2D eigenvalue weighted by molar-refractivity contribution is 5.81. The molecule has 0 aliphatic rings. The van der Waals surface area contributed by atoms with Gasteiger partial charge in [-0.05, 0) is 24.3 Å². The van der Waals surface area contributed by atoms with Crippen LogP contribution in [0.4, 0.5) is 0 Å². The lowest BCUT2D eigenvalue weighted by Gasteiger charge is -2.06. The molecule has 4 nitrogen and oxygen atoms in total. The molecule has 0 radical (unpaired) electrons. The normalized spacial score (nSPS) is 11.2. The summed E-state index contributed by atoms with van der Waals surface area (Å²) in [5.74, 6) is 0.711. The Bertz CT molecular complexity index is 949. The molecule has 4 heteroatoms. The van der Waals surface area contributed by atoms with Gasteiger partial charge in [0, 0.05) is 17.6 Å². The number of para-hydroxylation sites is 3. The molecule has 0 saturated carbocycles. The van der Waals surface area contributed by atoms with Gasteiger partial charge in [0.15, 0.2) is 5.43 Å². The first-order valence-corrected chi connectivity index (χ1v) is 6.38. The van der Waals surface area contributed by atoms with Crippen LogP contribution in [0, 0.1) is 0 Å². The third kappa shape index (κ3) is 1.55. The number of hydrogen-bond acceptors (Lipinski definition) is 2. The SMILES string of the molecule is O=c1ccn(-c2nc3ccccc3[nH]2)c2ccccc12. The number of nitrogens with one attached hydrogen (secondary N) is 1. The van der Waals surface area contributed by atoms with Crippen LogP contribution in [0.3, 0.4) is 0 Å². The van der Waals surface area contributed by atoms with Gasteiger partial charge in [0.1, 0.15) is 0 Å². The van der Waals surface area contributed by atoms with E-state index in [2.05, 4.69) is 9.97 Å². The van der Waals surface area contributed by atoms with E-state index in [0.717, 1.165) is 16.6 Å². The molecule has 4 rings (SSSR count). The Kier molecular flexibility index (Phi) is 2.23. The molecule has 2 aromatic carbocycles. The van der Waals surface area contributed by atoms with E-state index in [4.69, 9.17) is 0 Å². The van der Waals surface area contributed by atoms with Gasteiger partial charge in [0.05, 0.1) is 16.6 Å². The minimum atomic E-state index is 0.0213. The van der Waals surface area contributed by atoms with Crippen molar-refractivity contribution in [2.75, 3.05) is 0 Å². The minimum absolute atomic E-state index is 0.0213. The number of H-pyrrole nitrogens is 1. The average Bonchev–Trinajstić information content (AvgIpc) is 2.91. The average molecular weight is 261 g/mol. The number of hydrogen-bond donors (Lipinski definition) is 1. The lowest BCUT2D eigenvalue weighted by atomic mass is 10.2. The maximum atomic E-state index is 11.9. The van der Waals surface area contributed by atoms with E-state index in [0.29, 0.717) is 11.3 Å². The lowest BCUT2D eigenvalue weighted by molar-refractivity contribution is 0.999. The van der Waals surface area contributed by atoms with Gasteiger partial charge in [-0.25, -0.2) is 4.98 Å². The molecule has 4 aromatic rings. The van der Waals surface area contributed by atoms with E-state index < -0.39 is 0 Å². The van der Waals surface area contributed by atoms with Crippen molar-refractivity contribution >= 4 is 21.9 Å². The molecule has 0 aliphatic heterocycles. The van der Waals surface area contributed by atoms with Crippen LogP contribution in [-0.4, -0.2) is 14.5 Å². The predicted molar refractivity (Wildman–Crippen MR) is 79.2 cm³/mol. The molecule has 96 valence electrons. The van der Waals surface area contributed by atoms with Gasteiger partial charge in [0.2, 0.25) is 5.95 Å². The number of pyridine rings is 1. The fourth-order valence-corrected chi connectivity index (χ4v) is 2.44. The number of aromatic nitrogens is 3. The van der Waals surface area contributed by atoms with E-state index in [1.807, 2.05) is 53.1 Å². The maximum Gasteiger partial charge on any atom is 0.212 e. The molecule has 1 N–H and O–H groups in total. The van der Waals surface area contributed by atoms with Gasteiger partial charge in [-0.15, -0.1) is 0 Å². The van der Waals surface area contributed by atoms with Crippen molar-refractivity contribution in [1.29, 1.82) is 0 Å². The van der Waals surface area contributed by atoms with Crippen LogP contribution in [-0.2, 0) is 0 Å².